The summed E-state index contributed by atoms with van der Waals surface area (Å²) in [6.45, 7) is 2.25. The van der Waals surface area contributed by atoms with Crippen LogP contribution in [0, 0.1) is 18.6 Å². The van der Waals surface area contributed by atoms with E-state index in [0.29, 0.717) is 12.3 Å². The standard InChI is InChI=1S/C17H18F2N2O2/c1-11-6-7-15(23-2)14(10-11)20-9-8-16(22)21-17-12(18)4-3-5-13(17)19/h3-7,10,20H,8-9H2,1-2H3,(H,21,22). The van der Waals surface area contributed by atoms with Crippen LogP contribution in [0.5, 0.6) is 5.75 Å². The molecule has 6 heteroatoms. The average molecular weight is 320 g/mol. The van der Waals surface area contributed by atoms with E-state index >= 15 is 0 Å². The Balaban J connectivity index is 1.92. The molecule has 0 aliphatic heterocycles. The molecule has 2 aromatic rings. The predicted molar refractivity (Wildman–Crippen MR) is 85.8 cm³/mol. The van der Waals surface area contributed by atoms with Crippen LogP contribution >= 0.6 is 0 Å². The van der Waals surface area contributed by atoms with E-state index < -0.39 is 23.2 Å². The molecule has 0 atom stereocenters. The van der Waals surface area contributed by atoms with Crippen LogP contribution < -0.4 is 15.4 Å². The lowest BCUT2D eigenvalue weighted by atomic mass is 10.2. The highest BCUT2D eigenvalue weighted by Crippen LogP contribution is 2.25. The zero-order valence-corrected chi connectivity index (χ0v) is 13.0. The van der Waals surface area contributed by atoms with Gasteiger partial charge in [-0.05, 0) is 36.8 Å². The number of hydrogen-bond acceptors (Lipinski definition) is 3. The summed E-state index contributed by atoms with van der Waals surface area (Å²) >= 11 is 0. The first-order valence-corrected chi connectivity index (χ1v) is 7.13. The summed E-state index contributed by atoms with van der Waals surface area (Å²) in [6.07, 6.45) is 0.0604. The van der Waals surface area contributed by atoms with Crippen LogP contribution in [0.25, 0.3) is 0 Å². The molecule has 2 aromatic carbocycles. The van der Waals surface area contributed by atoms with Gasteiger partial charge in [0.15, 0.2) is 0 Å². The number of carbonyl (C=O) groups excluding carboxylic acids is 1. The van der Waals surface area contributed by atoms with Gasteiger partial charge in [0.05, 0.1) is 12.8 Å². The molecule has 0 unspecified atom stereocenters. The van der Waals surface area contributed by atoms with Crippen molar-refractivity contribution < 1.29 is 18.3 Å². The molecule has 2 N–H and O–H groups in total. The summed E-state index contributed by atoms with van der Waals surface area (Å²) in [5.41, 5.74) is 1.38. The molecule has 4 nitrogen and oxygen atoms in total. The fourth-order valence-corrected chi connectivity index (χ4v) is 2.09. The Morgan fingerprint density at radius 2 is 1.87 bits per heavy atom. The van der Waals surface area contributed by atoms with Crippen molar-refractivity contribution in [1.29, 1.82) is 0 Å². The van der Waals surface area contributed by atoms with Crippen molar-refractivity contribution in [3.63, 3.8) is 0 Å². The SMILES string of the molecule is COc1ccc(C)cc1NCCC(=O)Nc1c(F)cccc1F. The third kappa shape index (κ3) is 4.42. The highest BCUT2D eigenvalue weighted by molar-refractivity contribution is 5.91. The zero-order chi connectivity index (χ0) is 16.8. The summed E-state index contributed by atoms with van der Waals surface area (Å²) in [7, 11) is 1.56. The molecule has 0 aliphatic carbocycles. The van der Waals surface area contributed by atoms with Crippen LogP contribution in [0.2, 0.25) is 0 Å². The summed E-state index contributed by atoms with van der Waals surface area (Å²) < 4.78 is 32.1. The van der Waals surface area contributed by atoms with Crippen molar-refractivity contribution in [1.82, 2.24) is 0 Å². The quantitative estimate of drug-likeness (QED) is 0.853. The molecule has 0 radical (unpaired) electrons. The number of methoxy groups -OCH3 is 1. The number of aryl methyl sites for hydroxylation is 1. The Morgan fingerprint density at radius 1 is 1.17 bits per heavy atom. The fraction of sp³-hybridized carbons (Fsp3) is 0.235. The van der Waals surface area contributed by atoms with Crippen LogP contribution in [0.3, 0.4) is 0 Å². The Labute approximate surface area is 133 Å². The number of halogens is 2. The second kappa shape index (κ2) is 7.58. The van der Waals surface area contributed by atoms with Crippen LogP contribution in [-0.2, 0) is 4.79 Å². The van der Waals surface area contributed by atoms with E-state index in [4.69, 9.17) is 4.74 Å². The van der Waals surface area contributed by atoms with Gasteiger partial charge in [-0.3, -0.25) is 4.79 Å². The van der Waals surface area contributed by atoms with Gasteiger partial charge in [0.1, 0.15) is 23.1 Å². The number of ether oxygens (including phenoxy) is 1. The van der Waals surface area contributed by atoms with Gasteiger partial charge >= 0.3 is 0 Å². The Morgan fingerprint density at radius 3 is 2.52 bits per heavy atom. The lowest BCUT2D eigenvalue weighted by Gasteiger charge is -2.12. The monoisotopic (exact) mass is 320 g/mol. The maximum absolute atomic E-state index is 13.5. The van der Waals surface area contributed by atoms with Crippen LogP contribution in [0.1, 0.15) is 12.0 Å². The lowest BCUT2D eigenvalue weighted by Crippen LogP contribution is -2.18. The Kier molecular flexibility index (Phi) is 5.51. The highest BCUT2D eigenvalue weighted by Gasteiger charge is 2.12. The second-order valence-corrected chi connectivity index (χ2v) is 5.03. The lowest BCUT2D eigenvalue weighted by molar-refractivity contribution is -0.116. The summed E-state index contributed by atoms with van der Waals surface area (Å²) in [6, 6.07) is 9.06. The van der Waals surface area contributed by atoms with E-state index in [9.17, 15) is 13.6 Å². The number of para-hydroxylation sites is 1. The topological polar surface area (TPSA) is 50.4 Å². The first-order valence-electron chi connectivity index (χ1n) is 7.13. The highest BCUT2D eigenvalue weighted by atomic mass is 19.1. The number of anilines is 2. The van der Waals surface area contributed by atoms with Gasteiger partial charge < -0.3 is 15.4 Å². The van der Waals surface area contributed by atoms with Gasteiger partial charge in [0.25, 0.3) is 0 Å². The Hall–Kier alpha value is -2.63. The van der Waals surface area contributed by atoms with E-state index in [1.54, 1.807) is 7.11 Å². The van der Waals surface area contributed by atoms with Crippen molar-refractivity contribution >= 4 is 17.3 Å². The van der Waals surface area contributed by atoms with E-state index in [1.807, 2.05) is 25.1 Å². The molecule has 0 bridgehead atoms. The third-order valence-corrected chi connectivity index (χ3v) is 3.25. The van der Waals surface area contributed by atoms with Crippen LogP contribution in [0.4, 0.5) is 20.2 Å². The van der Waals surface area contributed by atoms with Crippen molar-refractivity contribution in [3.05, 3.63) is 53.6 Å². The molecule has 2 rings (SSSR count). The van der Waals surface area contributed by atoms with Gasteiger partial charge in [0.2, 0.25) is 5.91 Å². The van der Waals surface area contributed by atoms with Gasteiger partial charge in [0, 0.05) is 13.0 Å². The fourth-order valence-electron chi connectivity index (χ4n) is 2.09. The van der Waals surface area contributed by atoms with Gasteiger partial charge in [-0.15, -0.1) is 0 Å². The predicted octanol–water partition coefficient (Wildman–Crippen LogP) is 3.72. The van der Waals surface area contributed by atoms with E-state index in [1.165, 1.54) is 6.07 Å². The van der Waals surface area contributed by atoms with Gasteiger partial charge in [-0.25, -0.2) is 8.78 Å². The summed E-state index contributed by atoms with van der Waals surface area (Å²) in [5, 5.41) is 5.32. The molecule has 122 valence electrons. The number of hydrogen-bond donors (Lipinski definition) is 2. The largest absolute Gasteiger partial charge is 0.495 e. The van der Waals surface area contributed by atoms with E-state index in [2.05, 4.69) is 10.6 Å². The number of nitrogens with one attached hydrogen (secondary N) is 2. The second-order valence-electron chi connectivity index (χ2n) is 5.03. The van der Waals surface area contributed by atoms with E-state index in [0.717, 1.165) is 23.4 Å². The molecule has 0 heterocycles. The van der Waals surface area contributed by atoms with Crippen molar-refractivity contribution in [2.24, 2.45) is 0 Å². The molecular formula is C17H18F2N2O2. The molecule has 0 spiro atoms. The molecule has 0 fully saturated rings. The third-order valence-electron chi connectivity index (χ3n) is 3.25. The molecule has 0 saturated heterocycles. The number of rotatable bonds is 6. The minimum atomic E-state index is -0.799. The first-order chi connectivity index (χ1) is 11.0. The van der Waals surface area contributed by atoms with E-state index in [-0.39, 0.29) is 6.42 Å². The number of carbonyl (C=O) groups is 1. The van der Waals surface area contributed by atoms with Crippen LogP contribution in [0.15, 0.2) is 36.4 Å². The molecular weight excluding hydrogens is 302 g/mol. The minimum Gasteiger partial charge on any atom is -0.495 e. The Bertz CT molecular complexity index is 685. The van der Waals surface area contributed by atoms with Gasteiger partial charge in [-0.1, -0.05) is 12.1 Å². The molecule has 1 amide bonds. The minimum absolute atomic E-state index is 0.0604. The average Bonchev–Trinajstić information content (AvgIpc) is 2.51. The van der Waals surface area contributed by atoms with Gasteiger partial charge in [-0.2, -0.15) is 0 Å². The van der Waals surface area contributed by atoms with Crippen LogP contribution in [-0.4, -0.2) is 19.6 Å². The normalized spacial score (nSPS) is 10.3. The summed E-state index contributed by atoms with van der Waals surface area (Å²) in [4.78, 5) is 11.8. The maximum Gasteiger partial charge on any atom is 0.226 e. The number of amides is 1. The smallest absolute Gasteiger partial charge is 0.226 e. The zero-order valence-electron chi connectivity index (χ0n) is 13.0. The van der Waals surface area contributed by atoms with Crippen molar-refractivity contribution in [3.8, 4) is 5.75 Å². The molecule has 0 saturated carbocycles. The number of benzene rings is 2. The maximum atomic E-state index is 13.5. The summed E-state index contributed by atoms with van der Waals surface area (Å²) in [5.74, 6) is -1.41. The molecule has 0 aliphatic rings. The molecule has 23 heavy (non-hydrogen) atoms. The molecule has 0 aromatic heterocycles. The van der Waals surface area contributed by atoms with Crippen molar-refractivity contribution in [2.75, 3.05) is 24.3 Å². The first kappa shape index (κ1) is 16.7. The van der Waals surface area contributed by atoms with Crippen molar-refractivity contribution in [2.45, 2.75) is 13.3 Å².